The Morgan fingerprint density at radius 3 is 2.25 bits per heavy atom. The number of carbonyl (C=O) groups excluding carboxylic acids is 2. The van der Waals surface area contributed by atoms with Crippen molar-refractivity contribution in [3.05, 3.63) is 0 Å². The van der Waals surface area contributed by atoms with Crippen LogP contribution in [0.3, 0.4) is 0 Å². The Bertz CT molecular complexity index is 824. The lowest BCUT2D eigenvalue weighted by Gasteiger charge is -2.65. The van der Waals surface area contributed by atoms with Gasteiger partial charge in [0.1, 0.15) is 17.8 Å². The molecule has 5 heteroatoms. The molecule has 0 heterocycles. The molecule has 206 valence electrons. The summed E-state index contributed by atoms with van der Waals surface area (Å²) in [5.74, 6) is 3.15. The van der Waals surface area contributed by atoms with Crippen molar-refractivity contribution < 1.29 is 24.2 Å². The summed E-state index contributed by atoms with van der Waals surface area (Å²) < 4.78 is 11.5. The van der Waals surface area contributed by atoms with E-state index in [4.69, 9.17) is 9.47 Å². The molecule has 0 unspecified atom stereocenters. The van der Waals surface area contributed by atoms with Crippen molar-refractivity contribution in [3.8, 4) is 0 Å². The zero-order chi connectivity index (χ0) is 26.5. The van der Waals surface area contributed by atoms with Crippen molar-refractivity contribution in [1.29, 1.82) is 0 Å². The Morgan fingerprint density at radius 2 is 1.61 bits per heavy atom. The Balaban J connectivity index is 1.59. The molecular formula is C31H52O5. The van der Waals surface area contributed by atoms with E-state index < -0.39 is 11.7 Å². The predicted octanol–water partition coefficient (Wildman–Crippen LogP) is 6.70. The second-order valence-corrected chi connectivity index (χ2v) is 14.1. The molecule has 4 fully saturated rings. The average Bonchev–Trinajstić information content (AvgIpc) is 3.12. The maximum absolute atomic E-state index is 12.3. The quantitative estimate of drug-likeness (QED) is 0.391. The number of hydrogen-bond donors (Lipinski definition) is 1. The fourth-order valence-corrected chi connectivity index (χ4v) is 9.92. The van der Waals surface area contributed by atoms with Gasteiger partial charge in [0.15, 0.2) is 0 Å². The largest absolute Gasteiger partial charge is 0.462 e. The maximum atomic E-state index is 12.3. The van der Waals surface area contributed by atoms with E-state index in [0.717, 1.165) is 43.4 Å². The minimum absolute atomic E-state index is 0.308. The van der Waals surface area contributed by atoms with Gasteiger partial charge in [0.25, 0.3) is 0 Å². The molecule has 4 saturated carbocycles. The van der Waals surface area contributed by atoms with E-state index in [1.165, 1.54) is 52.4 Å². The molecule has 36 heavy (non-hydrogen) atoms. The molecule has 5 nitrogen and oxygen atoms in total. The summed E-state index contributed by atoms with van der Waals surface area (Å²) in [6.07, 6.45) is 10.7. The number of carbonyl (C=O) groups is 2. The summed E-state index contributed by atoms with van der Waals surface area (Å²) in [7, 11) is 0. The average molecular weight is 505 g/mol. The van der Waals surface area contributed by atoms with Gasteiger partial charge in [-0.15, -0.1) is 0 Å². The molecule has 0 saturated heterocycles. The van der Waals surface area contributed by atoms with Crippen molar-refractivity contribution >= 4 is 11.9 Å². The molecule has 0 spiro atoms. The molecule has 10 atom stereocenters. The first-order chi connectivity index (χ1) is 16.8. The highest BCUT2D eigenvalue weighted by Crippen LogP contribution is 2.69. The Morgan fingerprint density at radius 1 is 0.917 bits per heavy atom. The highest BCUT2D eigenvalue weighted by atomic mass is 16.6. The van der Waals surface area contributed by atoms with Crippen molar-refractivity contribution in [2.75, 3.05) is 0 Å². The molecule has 0 aliphatic heterocycles. The second-order valence-electron chi connectivity index (χ2n) is 14.1. The van der Waals surface area contributed by atoms with Gasteiger partial charge in [0, 0.05) is 25.7 Å². The van der Waals surface area contributed by atoms with Crippen LogP contribution >= 0.6 is 0 Å². The van der Waals surface area contributed by atoms with Crippen molar-refractivity contribution in [2.45, 2.75) is 137 Å². The third kappa shape index (κ3) is 4.76. The molecule has 0 bridgehead atoms. The predicted molar refractivity (Wildman–Crippen MR) is 141 cm³/mol. The lowest BCUT2D eigenvalue weighted by Crippen LogP contribution is -2.69. The smallest absolute Gasteiger partial charge is 0.303 e. The van der Waals surface area contributed by atoms with E-state index in [1.807, 2.05) is 0 Å². The zero-order valence-corrected chi connectivity index (χ0v) is 24.0. The lowest BCUT2D eigenvalue weighted by atomic mass is 9.42. The van der Waals surface area contributed by atoms with Crippen LogP contribution in [0, 0.1) is 46.3 Å². The van der Waals surface area contributed by atoms with E-state index >= 15 is 0 Å². The Hall–Kier alpha value is -1.10. The molecule has 0 radical (unpaired) electrons. The van der Waals surface area contributed by atoms with Crippen LogP contribution in [0.1, 0.15) is 119 Å². The highest BCUT2D eigenvalue weighted by molar-refractivity contribution is 5.66. The van der Waals surface area contributed by atoms with Crippen molar-refractivity contribution in [1.82, 2.24) is 0 Å². The fraction of sp³-hybridized carbons (Fsp3) is 0.935. The van der Waals surface area contributed by atoms with Gasteiger partial charge in [0.2, 0.25) is 0 Å². The second kappa shape index (κ2) is 10.2. The molecule has 4 aliphatic rings. The van der Waals surface area contributed by atoms with Gasteiger partial charge in [-0.25, -0.2) is 0 Å². The normalized spacial score (nSPS) is 44.8. The van der Waals surface area contributed by atoms with Crippen LogP contribution in [0.4, 0.5) is 0 Å². The van der Waals surface area contributed by atoms with E-state index in [1.54, 1.807) is 0 Å². The van der Waals surface area contributed by atoms with Gasteiger partial charge < -0.3 is 14.6 Å². The molecule has 0 aromatic heterocycles. The molecule has 0 aromatic carbocycles. The Labute approximate surface area is 219 Å². The van der Waals surface area contributed by atoms with Gasteiger partial charge in [0.05, 0.1) is 0 Å². The molecular weight excluding hydrogens is 452 g/mol. The number of fused-ring (bicyclic) bond motifs is 5. The van der Waals surface area contributed by atoms with Crippen LogP contribution in [0.2, 0.25) is 0 Å². The van der Waals surface area contributed by atoms with Crippen LogP contribution < -0.4 is 0 Å². The van der Waals surface area contributed by atoms with Crippen LogP contribution in [-0.2, 0) is 19.1 Å². The van der Waals surface area contributed by atoms with Gasteiger partial charge in [-0.2, -0.15) is 0 Å². The fourth-order valence-electron chi connectivity index (χ4n) is 9.92. The van der Waals surface area contributed by atoms with Gasteiger partial charge >= 0.3 is 11.9 Å². The van der Waals surface area contributed by atoms with E-state index in [0.29, 0.717) is 29.6 Å². The summed E-state index contributed by atoms with van der Waals surface area (Å²) in [6, 6.07) is 0. The summed E-state index contributed by atoms with van der Waals surface area (Å²) in [6.45, 7) is 14.8. The number of ether oxygens (including phenoxy) is 2. The third-order valence-electron chi connectivity index (χ3n) is 11.6. The van der Waals surface area contributed by atoms with Crippen LogP contribution in [0.25, 0.3) is 0 Å². The number of esters is 2. The Kier molecular flexibility index (Phi) is 7.93. The van der Waals surface area contributed by atoms with E-state index in [9.17, 15) is 14.7 Å². The summed E-state index contributed by atoms with van der Waals surface area (Å²) in [5, 5.41) is 12.3. The van der Waals surface area contributed by atoms with Crippen LogP contribution in [0.15, 0.2) is 0 Å². The summed E-state index contributed by atoms with van der Waals surface area (Å²) >= 11 is 0. The highest BCUT2D eigenvalue weighted by Gasteiger charge is 2.68. The number of aliphatic hydroxyl groups is 1. The maximum Gasteiger partial charge on any atom is 0.303 e. The third-order valence-corrected chi connectivity index (χ3v) is 11.6. The molecule has 1 N–H and O–H groups in total. The minimum Gasteiger partial charge on any atom is -0.462 e. The first kappa shape index (κ1) is 27.9. The van der Waals surface area contributed by atoms with E-state index in [2.05, 4.69) is 34.6 Å². The van der Waals surface area contributed by atoms with Gasteiger partial charge in [-0.3, -0.25) is 9.59 Å². The topological polar surface area (TPSA) is 72.8 Å². The molecule has 4 aliphatic carbocycles. The SMILES string of the molecule is CC(=O)O[C@H]1CC[C@]2(C)[C@H]3CC[C@]4(C)[C@@H]([C@H](C)CCCC(C)C)CC[C@H]4[C@@H]3C[C@H](OC(C)=O)[C@@]2(O)C1. The first-order valence-electron chi connectivity index (χ1n) is 14.9. The summed E-state index contributed by atoms with van der Waals surface area (Å²) in [5.41, 5.74) is -1.16. The van der Waals surface area contributed by atoms with Crippen LogP contribution in [0.5, 0.6) is 0 Å². The van der Waals surface area contributed by atoms with Crippen molar-refractivity contribution in [3.63, 3.8) is 0 Å². The van der Waals surface area contributed by atoms with Gasteiger partial charge in [-0.05, 0) is 85.9 Å². The minimum atomic E-state index is -1.16. The zero-order valence-electron chi connectivity index (χ0n) is 24.0. The van der Waals surface area contributed by atoms with Crippen molar-refractivity contribution in [2.24, 2.45) is 46.3 Å². The van der Waals surface area contributed by atoms with Crippen LogP contribution in [-0.4, -0.2) is 34.9 Å². The number of hydrogen-bond acceptors (Lipinski definition) is 5. The molecule has 0 amide bonds. The van der Waals surface area contributed by atoms with E-state index in [-0.39, 0.29) is 23.5 Å². The van der Waals surface area contributed by atoms with Gasteiger partial charge in [-0.1, -0.05) is 53.9 Å². The number of rotatable bonds is 7. The summed E-state index contributed by atoms with van der Waals surface area (Å²) in [4.78, 5) is 23.9. The molecule has 4 rings (SSSR count). The molecule has 0 aromatic rings. The standard InChI is InChI=1S/C31H52O5/c1-19(2)9-8-10-20(3)25-11-12-26-24-17-28(36-22(5)33)31(34)18-23(35-21(4)32)13-16-30(31,7)27(24)14-15-29(25,26)6/h19-20,23-28,34H,8-18H2,1-7H3/t20-,23+,24+,25-,26+,27+,28+,29-,30-,31+/m1/s1. The first-order valence-corrected chi connectivity index (χ1v) is 14.9. The monoisotopic (exact) mass is 504 g/mol. The lowest BCUT2D eigenvalue weighted by molar-refractivity contribution is -0.271.